The second kappa shape index (κ2) is 5.92. The number of nitro groups is 1. The predicted octanol–water partition coefficient (Wildman–Crippen LogP) is 2.15. The predicted molar refractivity (Wildman–Crippen MR) is 61.5 cm³/mol. The number of rotatable bonds is 4. The summed E-state index contributed by atoms with van der Waals surface area (Å²) in [7, 11) is 0. The topological polar surface area (TPSA) is 92.5 Å². The van der Waals surface area contributed by atoms with Crippen LogP contribution in [-0.4, -0.2) is 22.5 Å². The minimum Gasteiger partial charge on any atom is -0.478 e. The Balaban J connectivity index is 0.00000225. The van der Waals surface area contributed by atoms with Crippen LogP contribution in [0.5, 0.6) is 0 Å². The van der Waals surface area contributed by atoms with Gasteiger partial charge < -0.3 is 10.4 Å². The van der Waals surface area contributed by atoms with Gasteiger partial charge in [-0.25, -0.2) is 4.79 Å². The number of hydrogen-bond acceptors (Lipinski definition) is 4. The third kappa shape index (κ3) is 3.09. The second-order valence-corrected chi connectivity index (χ2v) is 2.82. The zero-order valence-electron chi connectivity index (χ0n) is 8.47. The number of nitro benzene ring substituents is 1. The molecule has 0 heterocycles. The van der Waals surface area contributed by atoms with Crippen LogP contribution in [0.25, 0.3) is 0 Å². The van der Waals surface area contributed by atoms with E-state index in [4.69, 9.17) is 5.11 Å². The molecule has 0 aliphatic carbocycles. The number of nitrogens with zero attached hydrogens (tertiary/aromatic N) is 1. The number of aromatic carboxylic acids is 1. The third-order valence-electron chi connectivity index (χ3n) is 1.81. The number of carboxylic acid groups (broad SMARTS) is 1. The highest BCUT2D eigenvalue weighted by molar-refractivity contribution is 5.89. The molecule has 0 spiro atoms. The molecule has 1 aromatic rings. The summed E-state index contributed by atoms with van der Waals surface area (Å²) in [4.78, 5) is 20.6. The standard InChI is InChI=1S/C9H10N2O4.ClH/c1-2-10-7-4-3-6(9(12)13)5-8(7)11(14)15;/h3-5,10H,2H2,1H3,(H,12,13);1H. The summed E-state index contributed by atoms with van der Waals surface area (Å²) >= 11 is 0. The van der Waals surface area contributed by atoms with Crippen molar-refractivity contribution in [2.45, 2.75) is 6.92 Å². The van der Waals surface area contributed by atoms with Gasteiger partial charge in [-0.05, 0) is 19.1 Å². The second-order valence-electron chi connectivity index (χ2n) is 2.82. The molecule has 0 radical (unpaired) electrons. The molecule has 2 N–H and O–H groups in total. The summed E-state index contributed by atoms with van der Waals surface area (Å²) in [5.74, 6) is -1.18. The molecule has 16 heavy (non-hydrogen) atoms. The maximum Gasteiger partial charge on any atom is 0.335 e. The minimum atomic E-state index is -1.18. The van der Waals surface area contributed by atoms with Crippen molar-refractivity contribution in [2.24, 2.45) is 0 Å². The van der Waals surface area contributed by atoms with Gasteiger partial charge in [0.2, 0.25) is 0 Å². The van der Waals surface area contributed by atoms with Crippen molar-refractivity contribution in [3.8, 4) is 0 Å². The Morgan fingerprint density at radius 2 is 2.19 bits per heavy atom. The first-order chi connectivity index (χ1) is 7.06. The Kier molecular flexibility index (Phi) is 5.24. The van der Waals surface area contributed by atoms with Gasteiger partial charge in [0.05, 0.1) is 10.5 Å². The molecule has 0 aromatic heterocycles. The van der Waals surface area contributed by atoms with E-state index in [2.05, 4.69) is 5.32 Å². The minimum absolute atomic E-state index is 0. The summed E-state index contributed by atoms with van der Waals surface area (Å²) in [5, 5.41) is 22.1. The summed E-state index contributed by atoms with van der Waals surface area (Å²) in [6.45, 7) is 2.34. The molecule has 0 bridgehead atoms. The van der Waals surface area contributed by atoms with Gasteiger partial charge in [0.15, 0.2) is 0 Å². The van der Waals surface area contributed by atoms with Crippen molar-refractivity contribution >= 4 is 29.8 Å². The highest BCUT2D eigenvalue weighted by Gasteiger charge is 2.16. The molecule has 0 atom stereocenters. The maximum absolute atomic E-state index is 10.6. The molecule has 7 heteroatoms. The monoisotopic (exact) mass is 246 g/mol. The van der Waals surface area contributed by atoms with Gasteiger partial charge in [-0.15, -0.1) is 12.4 Å². The van der Waals surface area contributed by atoms with Gasteiger partial charge in [-0.2, -0.15) is 0 Å². The number of anilines is 1. The summed E-state index contributed by atoms with van der Waals surface area (Å²) in [6.07, 6.45) is 0. The first-order valence-corrected chi connectivity index (χ1v) is 4.32. The number of carbonyl (C=O) groups is 1. The van der Waals surface area contributed by atoms with E-state index in [0.717, 1.165) is 6.07 Å². The van der Waals surface area contributed by atoms with E-state index in [-0.39, 0.29) is 23.7 Å². The van der Waals surface area contributed by atoms with Crippen LogP contribution >= 0.6 is 12.4 Å². The van der Waals surface area contributed by atoms with Crippen molar-refractivity contribution in [2.75, 3.05) is 11.9 Å². The molecule has 0 aliphatic heterocycles. The van der Waals surface area contributed by atoms with E-state index in [9.17, 15) is 14.9 Å². The first-order valence-electron chi connectivity index (χ1n) is 4.32. The number of hydrogen-bond donors (Lipinski definition) is 2. The Morgan fingerprint density at radius 3 is 2.62 bits per heavy atom. The lowest BCUT2D eigenvalue weighted by Crippen LogP contribution is -2.03. The van der Waals surface area contributed by atoms with Gasteiger partial charge in [0.25, 0.3) is 5.69 Å². The quantitative estimate of drug-likeness (QED) is 0.627. The number of benzene rings is 1. The molecule has 0 saturated heterocycles. The molecule has 0 amide bonds. The van der Waals surface area contributed by atoms with Crippen LogP contribution in [0, 0.1) is 10.1 Å². The average Bonchev–Trinajstić information content (AvgIpc) is 2.18. The largest absolute Gasteiger partial charge is 0.478 e. The van der Waals surface area contributed by atoms with Crippen LogP contribution in [0.15, 0.2) is 18.2 Å². The van der Waals surface area contributed by atoms with Crippen LogP contribution in [0.1, 0.15) is 17.3 Å². The van der Waals surface area contributed by atoms with Gasteiger partial charge >= 0.3 is 5.97 Å². The molecule has 1 aromatic carbocycles. The van der Waals surface area contributed by atoms with Gasteiger partial charge in [-0.3, -0.25) is 10.1 Å². The van der Waals surface area contributed by atoms with E-state index in [1.165, 1.54) is 12.1 Å². The Hall–Kier alpha value is -1.82. The molecule has 88 valence electrons. The van der Waals surface area contributed by atoms with Crippen LogP contribution in [0.3, 0.4) is 0 Å². The number of nitrogens with one attached hydrogen (secondary N) is 1. The lowest BCUT2D eigenvalue weighted by Gasteiger charge is -2.04. The Morgan fingerprint density at radius 1 is 1.56 bits per heavy atom. The highest BCUT2D eigenvalue weighted by Crippen LogP contribution is 2.25. The maximum atomic E-state index is 10.6. The number of halogens is 1. The van der Waals surface area contributed by atoms with E-state index in [0.29, 0.717) is 12.2 Å². The number of carboxylic acids is 1. The van der Waals surface area contributed by atoms with Gasteiger partial charge in [0.1, 0.15) is 5.69 Å². The molecular formula is C9H11ClN2O4. The normalized spacial score (nSPS) is 9.06. The fourth-order valence-corrected chi connectivity index (χ4v) is 1.16. The zero-order valence-corrected chi connectivity index (χ0v) is 9.28. The van der Waals surface area contributed by atoms with E-state index in [1.54, 1.807) is 6.92 Å². The van der Waals surface area contributed by atoms with Crippen molar-refractivity contribution in [3.63, 3.8) is 0 Å². The van der Waals surface area contributed by atoms with E-state index in [1.807, 2.05) is 0 Å². The molecule has 6 nitrogen and oxygen atoms in total. The molecule has 0 saturated carbocycles. The summed E-state index contributed by atoms with van der Waals surface area (Å²) in [5.41, 5.74) is 0.00704. The lowest BCUT2D eigenvalue weighted by atomic mass is 10.1. The van der Waals surface area contributed by atoms with Crippen LogP contribution in [0.4, 0.5) is 11.4 Å². The van der Waals surface area contributed by atoms with Crippen molar-refractivity contribution in [1.82, 2.24) is 0 Å². The highest BCUT2D eigenvalue weighted by atomic mass is 35.5. The van der Waals surface area contributed by atoms with Crippen molar-refractivity contribution in [1.29, 1.82) is 0 Å². The van der Waals surface area contributed by atoms with E-state index < -0.39 is 10.9 Å². The molecule has 1 rings (SSSR count). The zero-order chi connectivity index (χ0) is 11.4. The smallest absolute Gasteiger partial charge is 0.335 e. The van der Waals surface area contributed by atoms with Gasteiger partial charge in [-0.1, -0.05) is 0 Å². The van der Waals surface area contributed by atoms with Crippen molar-refractivity contribution in [3.05, 3.63) is 33.9 Å². The first kappa shape index (κ1) is 14.2. The Bertz CT molecular complexity index is 408. The molecule has 0 fully saturated rings. The summed E-state index contributed by atoms with van der Waals surface area (Å²) in [6, 6.07) is 3.76. The molecular weight excluding hydrogens is 236 g/mol. The summed E-state index contributed by atoms with van der Waals surface area (Å²) < 4.78 is 0. The molecule has 0 unspecified atom stereocenters. The third-order valence-corrected chi connectivity index (χ3v) is 1.81. The van der Waals surface area contributed by atoms with Crippen LogP contribution < -0.4 is 5.32 Å². The van der Waals surface area contributed by atoms with Gasteiger partial charge in [0, 0.05) is 12.6 Å². The Labute approximate surface area is 97.8 Å². The fourth-order valence-electron chi connectivity index (χ4n) is 1.16. The SMILES string of the molecule is CCNc1ccc(C(=O)O)cc1[N+](=O)[O-].Cl. The lowest BCUT2D eigenvalue weighted by molar-refractivity contribution is -0.384. The fraction of sp³-hybridized carbons (Fsp3) is 0.222. The van der Waals surface area contributed by atoms with E-state index >= 15 is 0 Å². The molecule has 0 aliphatic rings. The van der Waals surface area contributed by atoms with Crippen LogP contribution in [-0.2, 0) is 0 Å². The van der Waals surface area contributed by atoms with Crippen LogP contribution in [0.2, 0.25) is 0 Å². The van der Waals surface area contributed by atoms with Crippen molar-refractivity contribution < 1.29 is 14.8 Å². The average molecular weight is 247 g/mol.